The maximum atomic E-state index is 12.0. The molecule has 4 heterocycles. The summed E-state index contributed by atoms with van der Waals surface area (Å²) in [5.41, 5.74) is 24.2. The van der Waals surface area contributed by atoms with E-state index in [-0.39, 0.29) is 11.9 Å². The minimum absolute atomic E-state index is 0.212. The van der Waals surface area contributed by atoms with Gasteiger partial charge in [-0.15, -0.1) is 0 Å². The minimum Gasteiger partial charge on any atom is -0.461 e. The number of carbonyl (C=O) groups excluding carboxylic acids is 2. The molecule has 0 atom stereocenters. The molecule has 0 unspecified atom stereocenters. The van der Waals surface area contributed by atoms with Crippen LogP contribution in [0, 0.1) is 0 Å². The van der Waals surface area contributed by atoms with Crippen LogP contribution in [-0.2, 0) is 44.5 Å². The first-order valence-corrected chi connectivity index (χ1v) is 12.0. The van der Waals surface area contributed by atoms with Crippen molar-refractivity contribution < 1.29 is 14.3 Å². The lowest BCUT2D eigenvalue weighted by molar-refractivity contribution is 0.0517. The van der Waals surface area contributed by atoms with Crippen molar-refractivity contribution in [2.75, 3.05) is 18.1 Å². The zero-order valence-electron chi connectivity index (χ0n) is 21.2. The van der Waals surface area contributed by atoms with Crippen LogP contribution in [0.5, 0.6) is 0 Å². The lowest BCUT2D eigenvalue weighted by Crippen LogP contribution is -2.16. The largest absolute Gasteiger partial charge is 0.461 e. The van der Waals surface area contributed by atoms with Crippen LogP contribution in [-0.4, -0.2) is 58.0 Å². The molecule has 196 valence electrons. The van der Waals surface area contributed by atoms with Gasteiger partial charge in [0.25, 0.3) is 5.91 Å². The van der Waals surface area contributed by atoms with Crippen LogP contribution in [0.4, 0.5) is 11.9 Å². The predicted octanol–water partition coefficient (Wildman–Crippen LogP) is 0.391. The number of nitrogens with two attached hydrogens (primary N) is 3. The van der Waals surface area contributed by atoms with Gasteiger partial charge < -0.3 is 21.9 Å². The maximum Gasteiger partial charge on any atom is 0.359 e. The molecule has 0 aliphatic heterocycles. The van der Waals surface area contributed by atoms with Crippen molar-refractivity contribution in [3.8, 4) is 22.8 Å². The maximum absolute atomic E-state index is 12.0. The van der Waals surface area contributed by atoms with Gasteiger partial charge in [-0.2, -0.15) is 10.2 Å². The minimum atomic E-state index is -0.516. The number of aromatic nitrogens is 8. The van der Waals surface area contributed by atoms with E-state index >= 15 is 0 Å². The Labute approximate surface area is 217 Å². The van der Waals surface area contributed by atoms with E-state index < -0.39 is 11.9 Å². The fourth-order valence-corrected chi connectivity index (χ4v) is 4.90. The monoisotopic (exact) mass is 517 g/mol. The van der Waals surface area contributed by atoms with E-state index in [1.807, 2.05) is 0 Å². The molecule has 2 aliphatic rings. The molecular weight excluding hydrogens is 490 g/mol. The number of nitrogen functional groups attached to an aromatic ring is 2. The normalized spacial score (nSPS) is 12.8. The van der Waals surface area contributed by atoms with Crippen LogP contribution < -0.4 is 17.2 Å². The molecule has 0 bridgehead atoms. The summed E-state index contributed by atoms with van der Waals surface area (Å²) in [6, 6.07) is 0. The first kappa shape index (κ1) is 24.8. The summed E-state index contributed by atoms with van der Waals surface area (Å²) in [5, 5.41) is 8.44. The van der Waals surface area contributed by atoms with E-state index in [9.17, 15) is 9.59 Å². The Hall–Kier alpha value is -4.88. The number of rotatable bonds is 3. The number of aryl methyl sites for hydroxylation is 4. The van der Waals surface area contributed by atoms with E-state index in [2.05, 4.69) is 30.1 Å². The summed E-state index contributed by atoms with van der Waals surface area (Å²) in [5.74, 6) is -0.480. The lowest BCUT2D eigenvalue weighted by atomic mass is 9.93. The molecule has 0 saturated carbocycles. The highest BCUT2D eigenvalue weighted by Crippen LogP contribution is 2.34. The number of primary amides is 1. The highest BCUT2D eigenvalue weighted by Gasteiger charge is 2.30. The van der Waals surface area contributed by atoms with E-state index in [0.29, 0.717) is 24.4 Å². The third-order valence-corrected chi connectivity index (χ3v) is 6.50. The third-order valence-electron chi connectivity index (χ3n) is 6.50. The van der Waals surface area contributed by atoms with Crippen LogP contribution in [0.15, 0.2) is 12.4 Å². The lowest BCUT2D eigenvalue weighted by Gasteiger charge is -2.16. The standard InChI is InChI=1S/C13H15N5O2.C11H12N6O/c1-3-20-12(19)10-8-5-4-7-6-15-13(14)16-9(7)11(8)18(2)17-10;1-17-9-6(8(16-17)10(12)18)3-2-5-4-14-11(13)15-7(5)9/h6H,3-5H2,1-2H3,(H2,14,15,16);4H,2-3H2,1H3,(H2,12,18)(H2,13,14,15). The summed E-state index contributed by atoms with van der Waals surface area (Å²) in [7, 11) is 3.55. The molecule has 0 fully saturated rings. The van der Waals surface area contributed by atoms with E-state index in [1.165, 1.54) is 0 Å². The van der Waals surface area contributed by atoms with Crippen molar-refractivity contribution in [3.63, 3.8) is 0 Å². The molecule has 4 aromatic heterocycles. The highest BCUT2D eigenvalue weighted by atomic mass is 16.5. The van der Waals surface area contributed by atoms with Gasteiger partial charge in [0.15, 0.2) is 11.4 Å². The molecule has 0 saturated heterocycles. The van der Waals surface area contributed by atoms with Crippen molar-refractivity contribution in [1.29, 1.82) is 0 Å². The Balaban J connectivity index is 0.000000156. The number of hydrogen-bond acceptors (Lipinski definition) is 11. The predicted molar refractivity (Wildman–Crippen MR) is 137 cm³/mol. The van der Waals surface area contributed by atoms with Crippen molar-refractivity contribution in [2.24, 2.45) is 19.8 Å². The van der Waals surface area contributed by atoms with Gasteiger partial charge in [0, 0.05) is 37.6 Å². The summed E-state index contributed by atoms with van der Waals surface area (Å²) < 4.78 is 8.33. The quantitative estimate of drug-likeness (QED) is 0.316. The van der Waals surface area contributed by atoms with E-state index in [1.54, 1.807) is 42.8 Å². The molecule has 0 radical (unpaired) electrons. The molecule has 6 rings (SSSR count). The molecule has 14 heteroatoms. The van der Waals surface area contributed by atoms with Crippen LogP contribution in [0.2, 0.25) is 0 Å². The molecule has 4 aromatic rings. The van der Waals surface area contributed by atoms with Crippen LogP contribution in [0.1, 0.15) is 50.2 Å². The average molecular weight is 518 g/mol. The van der Waals surface area contributed by atoms with Crippen LogP contribution >= 0.6 is 0 Å². The summed E-state index contributed by atoms with van der Waals surface area (Å²) in [6.07, 6.45) is 6.41. The fourth-order valence-electron chi connectivity index (χ4n) is 4.90. The second kappa shape index (κ2) is 9.53. The Morgan fingerprint density at radius 2 is 1.32 bits per heavy atom. The zero-order valence-corrected chi connectivity index (χ0v) is 21.2. The molecule has 6 N–H and O–H groups in total. The SMILES string of the molecule is CCOC(=O)c1nn(C)c2c1CCc1cnc(N)nc1-2.Cn1nc(C(N)=O)c2c1-c1nc(N)ncc1CC2. The van der Waals surface area contributed by atoms with Gasteiger partial charge in [0.1, 0.15) is 0 Å². The number of carbonyl (C=O) groups is 2. The molecule has 0 spiro atoms. The van der Waals surface area contributed by atoms with Crippen LogP contribution in [0.25, 0.3) is 22.8 Å². The first-order valence-electron chi connectivity index (χ1n) is 12.0. The molecule has 14 nitrogen and oxygen atoms in total. The van der Waals surface area contributed by atoms with Gasteiger partial charge in [0.05, 0.1) is 29.4 Å². The number of ether oxygens (including phenoxy) is 1. The number of fused-ring (bicyclic) bond motifs is 6. The number of hydrogen-bond donors (Lipinski definition) is 3. The summed E-state index contributed by atoms with van der Waals surface area (Å²) in [6.45, 7) is 2.10. The van der Waals surface area contributed by atoms with E-state index in [0.717, 1.165) is 64.3 Å². The Morgan fingerprint density at radius 1 is 0.842 bits per heavy atom. The summed E-state index contributed by atoms with van der Waals surface area (Å²) >= 11 is 0. The second-order valence-corrected chi connectivity index (χ2v) is 8.89. The first-order chi connectivity index (χ1) is 18.2. The molecular formula is C24H27N11O3. The third kappa shape index (κ3) is 4.19. The van der Waals surface area contributed by atoms with E-state index in [4.69, 9.17) is 21.9 Å². The summed E-state index contributed by atoms with van der Waals surface area (Å²) in [4.78, 5) is 39.8. The number of esters is 1. The van der Waals surface area contributed by atoms with Crippen molar-refractivity contribution in [1.82, 2.24) is 39.5 Å². The number of nitrogens with zero attached hydrogens (tertiary/aromatic N) is 8. The number of amides is 1. The molecule has 1 amide bonds. The molecule has 2 aliphatic carbocycles. The average Bonchev–Trinajstić information content (AvgIpc) is 3.42. The number of anilines is 2. The van der Waals surface area contributed by atoms with Crippen molar-refractivity contribution >= 4 is 23.8 Å². The van der Waals surface area contributed by atoms with Gasteiger partial charge in [-0.1, -0.05) is 0 Å². The van der Waals surface area contributed by atoms with Gasteiger partial charge in [0.2, 0.25) is 11.9 Å². The Kier molecular flexibility index (Phi) is 6.22. The molecule has 0 aromatic carbocycles. The van der Waals surface area contributed by atoms with Gasteiger partial charge in [-0.3, -0.25) is 14.2 Å². The van der Waals surface area contributed by atoms with Crippen molar-refractivity contribution in [2.45, 2.75) is 32.6 Å². The zero-order chi connectivity index (χ0) is 27.1. The topological polar surface area (TPSA) is 209 Å². The van der Waals surface area contributed by atoms with Crippen LogP contribution in [0.3, 0.4) is 0 Å². The van der Waals surface area contributed by atoms with Gasteiger partial charge in [-0.25, -0.2) is 24.7 Å². The molecule has 38 heavy (non-hydrogen) atoms. The highest BCUT2D eigenvalue weighted by molar-refractivity contribution is 5.94. The van der Waals surface area contributed by atoms with Gasteiger partial charge >= 0.3 is 5.97 Å². The Bertz CT molecular complexity index is 1590. The fraction of sp³-hybridized carbons (Fsp3) is 0.333. The smallest absolute Gasteiger partial charge is 0.359 e. The van der Waals surface area contributed by atoms with Crippen molar-refractivity contribution in [3.05, 3.63) is 46.0 Å². The second-order valence-electron chi connectivity index (χ2n) is 8.89. The Morgan fingerprint density at radius 3 is 1.79 bits per heavy atom. The van der Waals surface area contributed by atoms with Gasteiger partial charge in [-0.05, 0) is 43.7 Å².